The SMILES string of the molecule is CNC(=O)c1cc(-c2cccnc2[C@H](Cc2cc(F)cc(F)c2)NC(=O)[C@@H]2C[C@@H](O)CN2C(=O)OC(C)(C)C)ccc1F. The second-order valence-corrected chi connectivity index (χ2v) is 11.3. The van der Waals surface area contributed by atoms with E-state index in [4.69, 9.17) is 4.74 Å². The maximum absolute atomic E-state index is 14.5. The number of aliphatic hydroxyl groups is 1. The van der Waals surface area contributed by atoms with E-state index >= 15 is 0 Å². The Balaban J connectivity index is 1.75. The maximum atomic E-state index is 14.5. The number of aliphatic hydroxyl groups excluding tert-OH is 1. The zero-order chi connectivity index (χ0) is 31.5. The maximum Gasteiger partial charge on any atom is 0.411 e. The van der Waals surface area contributed by atoms with E-state index in [-0.39, 0.29) is 36.2 Å². The molecule has 1 aliphatic heterocycles. The Kier molecular flexibility index (Phi) is 9.39. The smallest absolute Gasteiger partial charge is 0.411 e. The van der Waals surface area contributed by atoms with Crippen molar-refractivity contribution in [2.24, 2.45) is 0 Å². The molecule has 1 saturated heterocycles. The first-order valence-corrected chi connectivity index (χ1v) is 13.7. The summed E-state index contributed by atoms with van der Waals surface area (Å²) >= 11 is 0. The van der Waals surface area contributed by atoms with Gasteiger partial charge in [-0.3, -0.25) is 19.5 Å². The van der Waals surface area contributed by atoms with Gasteiger partial charge in [0.05, 0.1) is 29.9 Å². The second-order valence-electron chi connectivity index (χ2n) is 11.3. The van der Waals surface area contributed by atoms with Crippen molar-refractivity contribution < 1.29 is 37.4 Å². The monoisotopic (exact) mass is 598 g/mol. The highest BCUT2D eigenvalue weighted by molar-refractivity contribution is 5.95. The predicted octanol–water partition coefficient (Wildman–Crippen LogP) is 4.30. The first-order chi connectivity index (χ1) is 20.3. The summed E-state index contributed by atoms with van der Waals surface area (Å²) in [7, 11) is 1.37. The molecule has 1 fully saturated rings. The van der Waals surface area contributed by atoms with Crippen molar-refractivity contribution >= 4 is 17.9 Å². The molecule has 3 atom stereocenters. The van der Waals surface area contributed by atoms with E-state index in [0.717, 1.165) is 29.2 Å². The number of ether oxygens (including phenoxy) is 1. The summed E-state index contributed by atoms with van der Waals surface area (Å²) in [4.78, 5) is 44.5. The summed E-state index contributed by atoms with van der Waals surface area (Å²) in [6.45, 7) is 4.90. The van der Waals surface area contributed by atoms with Crippen molar-refractivity contribution in [1.82, 2.24) is 20.5 Å². The van der Waals surface area contributed by atoms with Gasteiger partial charge in [-0.25, -0.2) is 18.0 Å². The lowest BCUT2D eigenvalue weighted by Crippen LogP contribution is -2.48. The first kappa shape index (κ1) is 31.5. The lowest BCUT2D eigenvalue weighted by atomic mass is 9.94. The van der Waals surface area contributed by atoms with E-state index in [2.05, 4.69) is 15.6 Å². The van der Waals surface area contributed by atoms with E-state index in [1.54, 1.807) is 32.9 Å². The third-order valence-electron chi connectivity index (χ3n) is 6.81. The standard InChI is InChI=1S/C31H33F3N4O5/c1-31(2,3)43-30(42)38-16-21(39)15-26(38)29(41)37-25(12-17-10-19(32)14-20(33)11-17)27-22(6-5-9-36-27)18-7-8-24(34)23(13-18)28(40)35-4/h5-11,13-14,21,25-26,39H,12,15-16H2,1-4H3,(H,35,40)(H,37,41)/t21-,25+,26+/m1/s1. The number of aromatic nitrogens is 1. The third-order valence-corrected chi connectivity index (χ3v) is 6.81. The number of β-amino-alcohol motifs (C(OH)–C–C–N with tert-alkyl or cyclic N) is 1. The highest BCUT2D eigenvalue weighted by atomic mass is 19.1. The van der Waals surface area contributed by atoms with Crippen LogP contribution in [0.4, 0.5) is 18.0 Å². The highest BCUT2D eigenvalue weighted by Crippen LogP contribution is 2.31. The number of benzene rings is 2. The quantitative estimate of drug-likeness (QED) is 0.373. The molecule has 0 spiro atoms. The van der Waals surface area contributed by atoms with Crippen LogP contribution < -0.4 is 10.6 Å². The van der Waals surface area contributed by atoms with E-state index < -0.39 is 59.1 Å². The minimum absolute atomic E-state index is 0.0606. The molecule has 2 heterocycles. The number of carbonyl (C=O) groups is 3. The molecule has 0 saturated carbocycles. The molecule has 2 aromatic carbocycles. The highest BCUT2D eigenvalue weighted by Gasteiger charge is 2.41. The number of hydrogen-bond donors (Lipinski definition) is 3. The van der Waals surface area contributed by atoms with Crippen molar-refractivity contribution in [3.8, 4) is 11.1 Å². The molecular formula is C31H33F3N4O5. The van der Waals surface area contributed by atoms with Crippen LogP contribution in [0.2, 0.25) is 0 Å². The number of pyridine rings is 1. The van der Waals surface area contributed by atoms with Crippen LogP contribution in [0.25, 0.3) is 11.1 Å². The van der Waals surface area contributed by atoms with Crippen LogP contribution in [0.1, 0.15) is 54.8 Å². The Morgan fingerprint density at radius 2 is 1.79 bits per heavy atom. The second kappa shape index (κ2) is 12.8. The molecule has 3 N–H and O–H groups in total. The van der Waals surface area contributed by atoms with Gasteiger partial charge in [-0.2, -0.15) is 0 Å². The van der Waals surface area contributed by atoms with E-state index in [0.29, 0.717) is 11.1 Å². The third kappa shape index (κ3) is 7.69. The fourth-order valence-corrected chi connectivity index (χ4v) is 4.97. The number of nitrogens with zero attached hydrogens (tertiary/aromatic N) is 2. The van der Waals surface area contributed by atoms with E-state index in [9.17, 15) is 32.7 Å². The van der Waals surface area contributed by atoms with E-state index in [1.807, 2.05) is 0 Å². The van der Waals surface area contributed by atoms with Gasteiger partial charge in [-0.1, -0.05) is 12.1 Å². The van der Waals surface area contributed by atoms with Gasteiger partial charge >= 0.3 is 6.09 Å². The topological polar surface area (TPSA) is 121 Å². The number of nitrogens with one attached hydrogen (secondary N) is 2. The van der Waals surface area contributed by atoms with Crippen LogP contribution in [0.3, 0.4) is 0 Å². The summed E-state index contributed by atoms with van der Waals surface area (Å²) in [5.74, 6) is -3.66. The van der Waals surface area contributed by atoms with Gasteiger partial charge in [0.15, 0.2) is 0 Å². The molecule has 4 rings (SSSR count). The van der Waals surface area contributed by atoms with Crippen molar-refractivity contribution in [2.45, 2.75) is 57.4 Å². The van der Waals surface area contributed by atoms with Crippen LogP contribution in [0.15, 0.2) is 54.7 Å². The zero-order valence-electron chi connectivity index (χ0n) is 24.2. The average molecular weight is 599 g/mol. The van der Waals surface area contributed by atoms with E-state index in [1.165, 1.54) is 25.4 Å². The van der Waals surface area contributed by atoms with Gasteiger partial charge < -0.3 is 20.5 Å². The fourth-order valence-electron chi connectivity index (χ4n) is 4.97. The van der Waals surface area contributed by atoms with Crippen LogP contribution in [-0.4, -0.2) is 64.2 Å². The number of halogens is 3. The molecule has 0 unspecified atom stereocenters. The summed E-state index contributed by atoms with van der Waals surface area (Å²) in [5.41, 5.74) is 0.235. The summed E-state index contributed by atoms with van der Waals surface area (Å²) in [5, 5.41) is 15.6. The molecule has 0 aliphatic carbocycles. The molecule has 0 bridgehead atoms. The Morgan fingerprint density at radius 1 is 1.09 bits per heavy atom. The van der Waals surface area contributed by atoms with Crippen molar-refractivity contribution in [1.29, 1.82) is 0 Å². The average Bonchev–Trinajstić information content (AvgIpc) is 3.33. The van der Waals surface area contributed by atoms with Crippen LogP contribution in [0, 0.1) is 17.5 Å². The summed E-state index contributed by atoms with van der Waals surface area (Å²) < 4.78 is 48.2. The van der Waals surface area contributed by atoms with Gasteiger partial charge in [0.2, 0.25) is 5.91 Å². The Bertz CT molecular complexity index is 1510. The number of amides is 3. The summed E-state index contributed by atoms with van der Waals surface area (Å²) in [6, 6.07) is 8.04. The normalized spacial score (nSPS) is 17.3. The Hall–Kier alpha value is -4.45. The lowest BCUT2D eigenvalue weighted by molar-refractivity contribution is -0.126. The Labute approximate surface area is 247 Å². The number of likely N-dealkylation sites (tertiary alicyclic amines) is 1. The molecule has 228 valence electrons. The molecule has 1 aromatic heterocycles. The predicted molar refractivity (Wildman–Crippen MR) is 151 cm³/mol. The van der Waals surface area contributed by atoms with Crippen LogP contribution >= 0.6 is 0 Å². The van der Waals surface area contributed by atoms with Gasteiger partial charge in [-0.05, 0) is 68.7 Å². The van der Waals surface area contributed by atoms with Crippen molar-refractivity contribution in [2.75, 3.05) is 13.6 Å². The fraction of sp³-hybridized carbons (Fsp3) is 0.355. The zero-order valence-corrected chi connectivity index (χ0v) is 24.2. The first-order valence-electron chi connectivity index (χ1n) is 13.7. The van der Waals surface area contributed by atoms with Crippen molar-refractivity contribution in [3.05, 3.63) is 89.0 Å². The van der Waals surface area contributed by atoms with Crippen molar-refractivity contribution in [3.63, 3.8) is 0 Å². The molecule has 9 nitrogen and oxygen atoms in total. The molecule has 0 radical (unpaired) electrons. The Morgan fingerprint density at radius 3 is 2.44 bits per heavy atom. The molecule has 12 heteroatoms. The van der Waals surface area contributed by atoms with Gasteiger partial charge in [-0.15, -0.1) is 0 Å². The molecule has 43 heavy (non-hydrogen) atoms. The molecule has 3 amide bonds. The molecule has 3 aromatic rings. The largest absolute Gasteiger partial charge is 0.444 e. The number of carbonyl (C=O) groups excluding carboxylic acids is 3. The van der Waals surface area contributed by atoms with Crippen LogP contribution in [-0.2, 0) is 16.0 Å². The van der Waals surface area contributed by atoms with Gasteiger partial charge in [0.25, 0.3) is 5.91 Å². The molecular weight excluding hydrogens is 565 g/mol. The molecule has 1 aliphatic rings. The number of rotatable bonds is 7. The lowest BCUT2D eigenvalue weighted by Gasteiger charge is -2.29. The van der Waals surface area contributed by atoms with Gasteiger partial charge in [0, 0.05) is 31.3 Å². The minimum Gasteiger partial charge on any atom is -0.444 e. The van der Waals surface area contributed by atoms with Gasteiger partial charge in [0.1, 0.15) is 29.1 Å². The summed E-state index contributed by atoms with van der Waals surface area (Å²) in [6.07, 6.45) is -0.476. The minimum atomic E-state index is -1.10. The number of hydrogen-bond acceptors (Lipinski definition) is 6. The van der Waals surface area contributed by atoms with Crippen LogP contribution in [0.5, 0.6) is 0 Å².